The molecule has 0 atom stereocenters. The Balaban J connectivity index is 1.53. The highest BCUT2D eigenvalue weighted by atomic mass is 19.4. The van der Waals surface area contributed by atoms with Crippen LogP contribution in [0.3, 0.4) is 0 Å². The van der Waals surface area contributed by atoms with E-state index in [0.29, 0.717) is 23.4 Å². The molecule has 4 aromatic rings. The molecular weight excluding hydrogens is 403 g/mol. The number of rotatable bonds is 5. The average molecular weight is 417 g/mol. The fourth-order valence-corrected chi connectivity index (χ4v) is 2.86. The van der Waals surface area contributed by atoms with Crippen LogP contribution in [-0.2, 0) is 12.8 Å². The average Bonchev–Trinajstić information content (AvgIpc) is 3.20. The van der Waals surface area contributed by atoms with Gasteiger partial charge >= 0.3 is 11.8 Å². The number of benzene rings is 2. The minimum Gasteiger partial charge on any atom is -0.497 e. The molecule has 0 amide bonds. The summed E-state index contributed by atoms with van der Waals surface area (Å²) in [6.07, 6.45) is -3.25. The fraction of sp³-hybridized carbons (Fsp3) is 0.143. The lowest BCUT2D eigenvalue weighted by atomic mass is 10.1. The topological polar surface area (TPSA) is 74.7 Å². The maximum absolute atomic E-state index is 13.1. The molecule has 0 aliphatic heterocycles. The zero-order valence-electron chi connectivity index (χ0n) is 15.5. The number of nitrogens with zero attached hydrogens (tertiary/aromatic N) is 1. The van der Waals surface area contributed by atoms with Crippen LogP contribution >= 0.6 is 0 Å². The van der Waals surface area contributed by atoms with Gasteiger partial charge in [0.1, 0.15) is 35.6 Å². The van der Waals surface area contributed by atoms with Gasteiger partial charge in [0.05, 0.1) is 12.7 Å². The van der Waals surface area contributed by atoms with Crippen molar-refractivity contribution in [2.45, 2.75) is 12.8 Å². The van der Waals surface area contributed by atoms with Gasteiger partial charge in [-0.2, -0.15) is 13.2 Å². The zero-order chi connectivity index (χ0) is 21.3. The van der Waals surface area contributed by atoms with Crippen LogP contribution in [0.1, 0.15) is 11.3 Å². The van der Waals surface area contributed by atoms with Gasteiger partial charge in [0, 0.05) is 23.1 Å². The molecule has 2 heterocycles. The van der Waals surface area contributed by atoms with Crippen LogP contribution in [0.2, 0.25) is 0 Å². The normalized spacial score (nSPS) is 11.6. The summed E-state index contributed by atoms with van der Waals surface area (Å²) in [5, 5.41) is -0.224. The summed E-state index contributed by atoms with van der Waals surface area (Å²) in [7, 11) is 1.57. The Morgan fingerprint density at radius 2 is 1.77 bits per heavy atom. The Kier molecular flexibility index (Phi) is 4.94. The Morgan fingerprint density at radius 1 is 1.03 bits per heavy atom. The molecule has 0 saturated heterocycles. The predicted octanol–water partition coefficient (Wildman–Crippen LogP) is 5.05. The molecule has 0 N–H and O–H groups in total. The number of hydrogen-bond acceptors (Lipinski definition) is 6. The summed E-state index contributed by atoms with van der Waals surface area (Å²) in [5.41, 5.74) is -1.14. The maximum Gasteiger partial charge on any atom is 0.417 e. The molecule has 30 heavy (non-hydrogen) atoms. The molecule has 0 aliphatic rings. The molecule has 2 aromatic carbocycles. The van der Waals surface area contributed by atoms with Gasteiger partial charge in [-0.05, 0) is 36.4 Å². The highest BCUT2D eigenvalue weighted by molar-refractivity contribution is 5.82. The van der Waals surface area contributed by atoms with Gasteiger partial charge in [-0.1, -0.05) is 0 Å². The van der Waals surface area contributed by atoms with Crippen LogP contribution in [-0.4, -0.2) is 12.1 Å². The van der Waals surface area contributed by atoms with E-state index >= 15 is 0 Å². The highest BCUT2D eigenvalue weighted by Crippen LogP contribution is 2.35. The summed E-state index contributed by atoms with van der Waals surface area (Å²) in [5.74, 6) is 1.31. The van der Waals surface area contributed by atoms with Crippen molar-refractivity contribution in [2.75, 3.05) is 7.11 Å². The molecule has 6 nitrogen and oxygen atoms in total. The van der Waals surface area contributed by atoms with Gasteiger partial charge in [0.25, 0.3) is 0 Å². The van der Waals surface area contributed by atoms with E-state index in [0.717, 1.165) is 5.56 Å². The molecule has 0 aliphatic carbocycles. The molecule has 2 aromatic heterocycles. The summed E-state index contributed by atoms with van der Waals surface area (Å²) < 4.78 is 60.3. The summed E-state index contributed by atoms with van der Waals surface area (Å²) in [4.78, 5) is 15.8. The van der Waals surface area contributed by atoms with Gasteiger partial charge in [-0.15, -0.1) is 0 Å². The molecular formula is C21H14F3NO5. The number of halogens is 3. The van der Waals surface area contributed by atoms with Gasteiger partial charge in [0.15, 0.2) is 0 Å². The number of hydrogen-bond donors (Lipinski definition) is 0. The fourth-order valence-electron chi connectivity index (χ4n) is 2.86. The SMILES string of the molecule is COc1ccc(-c2nc(COc3ccc4c(C(F)(F)F)cc(=O)oc4c3)co2)cc1. The molecule has 4 rings (SSSR count). The summed E-state index contributed by atoms with van der Waals surface area (Å²) >= 11 is 0. The van der Waals surface area contributed by atoms with Crippen molar-refractivity contribution in [1.29, 1.82) is 0 Å². The standard InChI is InChI=1S/C21H14F3NO5/c1-27-14-4-2-12(3-5-14)20-25-13(11-29-20)10-28-15-6-7-16-17(21(22,23)24)9-19(26)30-18(16)8-15/h2-9,11H,10H2,1H3. The van der Waals surface area contributed by atoms with Crippen molar-refractivity contribution in [3.8, 4) is 23.0 Å². The second-order valence-electron chi connectivity index (χ2n) is 6.30. The second-order valence-corrected chi connectivity index (χ2v) is 6.30. The van der Waals surface area contributed by atoms with Crippen molar-refractivity contribution in [2.24, 2.45) is 0 Å². The number of alkyl halides is 3. The smallest absolute Gasteiger partial charge is 0.417 e. The first-order valence-corrected chi connectivity index (χ1v) is 8.70. The van der Waals surface area contributed by atoms with Crippen LogP contribution < -0.4 is 15.1 Å². The van der Waals surface area contributed by atoms with E-state index in [4.69, 9.17) is 18.3 Å². The largest absolute Gasteiger partial charge is 0.497 e. The molecule has 9 heteroatoms. The first kappa shape index (κ1) is 19.6. The minimum absolute atomic E-state index is 0.00829. The minimum atomic E-state index is -4.67. The maximum atomic E-state index is 13.1. The number of oxazole rings is 1. The molecule has 0 fully saturated rings. The molecule has 0 saturated carbocycles. The zero-order valence-corrected chi connectivity index (χ0v) is 15.5. The Morgan fingerprint density at radius 3 is 2.47 bits per heavy atom. The van der Waals surface area contributed by atoms with Crippen molar-refractivity contribution in [3.05, 3.63) is 76.5 Å². The highest BCUT2D eigenvalue weighted by Gasteiger charge is 2.33. The summed E-state index contributed by atoms with van der Waals surface area (Å²) in [6, 6.07) is 11.3. The van der Waals surface area contributed by atoms with Gasteiger partial charge in [0.2, 0.25) is 5.89 Å². The van der Waals surface area contributed by atoms with Gasteiger partial charge in [-0.25, -0.2) is 9.78 Å². The van der Waals surface area contributed by atoms with E-state index in [1.54, 1.807) is 31.4 Å². The van der Waals surface area contributed by atoms with E-state index in [1.165, 1.54) is 24.5 Å². The Labute approximate surface area is 167 Å². The molecule has 0 unspecified atom stereocenters. The molecule has 0 radical (unpaired) electrons. The van der Waals surface area contributed by atoms with Crippen LogP contribution in [0.25, 0.3) is 22.4 Å². The predicted molar refractivity (Wildman–Crippen MR) is 100 cm³/mol. The van der Waals surface area contributed by atoms with Crippen molar-refractivity contribution in [1.82, 2.24) is 4.98 Å². The quantitative estimate of drug-likeness (QED) is 0.423. The number of ether oxygens (including phenoxy) is 2. The van der Waals surface area contributed by atoms with Crippen molar-refractivity contribution >= 4 is 11.0 Å². The number of methoxy groups -OCH3 is 1. The monoisotopic (exact) mass is 417 g/mol. The molecule has 0 bridgehead atoms. The third kappa shape index (κ3) is 4.00. The van der Waals surface area contributed by atoms with Gasteiger partial charge in [-0.3, -0.25) is 0 Å². The molecule has 0 spiro atoms. The van der Waals surface area contributed by atoms with E-state index in [-0.39, 0.29) is 23.3 Å². The first-order chi connectivity index (χ1) is 14.3. The Bertz CT molecular complexity index is 1240. The van der Waals surface area contributed by atoms with Crippen LogP contribution in [0, 0.1) is 0 Å². The van der Waals surface area contributed by atoms with Crippen LogP contribution in [0.4, 0.5) is 13.2 Å². The van der Waals surface area contributed by atoms with Crippen LogP contribution in [0.15, 0.2) is 68.4 Å². The Hall–Kier alpha value is -3.75. The third-order valence-corrected chi connectivity index (χ3v) is 4.30. The van der Waals surface area contributed by atoms with Gasteiger partial charge < -0.3 is 18.3 Å². The van der Waals surface area contributed by atoms with Crippen molar-refractivity contribution < 1.29 is 31.5 Å². The summed E-state index contributed by atoms with van der Waals surface area (Å²) in [6.45, 7) is 0.00829. The van der Waals surface area contributed by atoms with E-state index < -0.39 is 17.4 Å². The number of fused-ring (bicyclic) bond motifs is 1. The molecule has 154 valence electrons. The third-order valence-electron chi connectivity index (χ3n) is 4.30. The lowest BCUT2D eigenvalue weighted by molar-refractivity contribution is -0.136. The lowest BCUT2D eigenvalue weighted by Crippen LogP contribution is -2.11. The van der Waals surface area contributed by atoms with E-state index in [2.05, 4.69) is 4.98 Å². The van der Waals surface area contributed by atoms with Crippen molar-refractivity contribution in [3.63, 3.8) is 0 Å². The van der Waals surface area contributed by atoms with Crippen LogP contribution in [0.5, 0.6) is 11.5 Å². The second kappa shape index (κ2) is 7.58. The lowest BCUT2D eigenvalue weighted by Gasteiger charge is -2.10. The van der Waals surface area contributed by atoms with E-state index in [1.807, 2.05) is 0 Å². The van der Waals surface area contributed by atoms with E-state index in [9.17, 15) is 18.0 Å². The first-order valence-electron chi connectivity index (χ1n) is 8.70. The number of aromatic nitrogens is 1.